The SMILES string of the molecule is Cc1cc(-c2cc(C(C)(C)C)cc(Cl)c2O)c(C#N)c(=O)[nH]1. The van der Waals surface area contributed by atoms with Crippen LogP contribution in [-0.2, 0) is 5.41 Å². The molecule has 0 spiro atoms. The maximum Gasteiger partial charge on any atom is 0.266 e. The summed E-state index contributed by atoms with van der Waals surface area (Å²) in [6.07, 6.45) is 0. The molecular formula is C17H17ClN2O2. The topological polar surface area (TPSA) is 76.9 Å². The summed E-state index contributed by atoms with van der Waals surface area (Å²) in [6, 6.07) is 7.04. The Hall–Kier alpha value is -2.25. The Kier molecular flexibility index (Phi) is 4.04. The Balaban J connectivity index is 2.87. The standard InChI is InChI=1S/C17H17ClN2O2/c1-9-5-11(13(8-19)16(22)20-9)12-6-10(17(2,3)4)7-14(18)15(12)21/h5-7,21H,1-4H3,(H,20,22). The van der Waals surface area contributed by atoms with Gasteiger partial charge in [0.2, 0.25) is 0 Å². The molecular weight excluding hydrogens is 300 g/mol. The molecule has 0 saturated heterocycles. The van der Waals surface area contributed by atoms with Crippen molar-refractivity contribution in [2.45, 2.75) is 33.1 Å². The van der Waals surface area contributed by atoms with Crippen molar-refractivity contribution in [3.8, 4) is 22.9 Å². The zero-order valence-electron chi connectivity index (χ0n) is 12.9. The number of benzene rings is 1. The van der Waals surface area contributed by atoms with Gasteiger partial charge >= 0.3 is 0 Å². The van der Waals surface area contributed by atoms with Gasteiger partial charge in [0.1, 0.15) is 17.4 Å². The number of hydrogen-bond donors (Lipinski definition) is 2. The Bertz CT molecular complexity index is 839. The molecule has 0 radical (unpaired) electrons. The number of pyridine rings is 1. The maximum atomic E-state index is 12.0. The van der Waals surface area contributed by atoms with Crippen molar-refractivity contribution in [3.05, 3.63) is 50.4 Å². The first kappa shape index (κ1) is 16.1. The predicted octanol–water partition coefficient (Wildman–Crippen LogP) is 3.88. The lowest BCUT2D eigenvalue weighted by molar-refractivity contribution is 0.476. The second-order valence-electron chi connectivity index (χ2n) is 6.29. The number of nitriles is 1. The molecule has 5 heteroatoms. The van der Waals surface area contributed by atoms with E-state index in [1.807, 2.05) is 26.8 Å². The van der Waals surface area contributed by atoms with Crippen LogP contribution in [-0.4, -0.2) is 10.1 Å². The van der Waals surface area contributed by atoms with Crippen molar-refractivity contribution in [2.75, 3.05) is 0 Å². The molecule has 0 aliphatic rings. The number of rotatable bonds is 1. The van der Waals surface area contributed by atoms with Gasteiger partial charge in [0.15, 0.2) is 0 Å². The van der Waals surface area contributed by atoms with Crippen LogP contribution in [0.1, 0.15) is 37.6 Å². The first-order valence-corrected chi connectivity index (χ1v) is 7.20. The van der Waals surface area contributed by atoms with Gasteiger partial charge in [-0.2, -0.15) is 5.26 Å². The number of nitrogens with one attached hydrogen (secondary N) is 1. The quantitative estimate of drug-likeness (QED) is 0.838. The van der Waals surface area contributed by atoms with E-state index in [4.69, 9.17) is 11.6 Å². The number of phenolic OH excluding ortho intramolecular Hbond substituents is 1. The number of halogens is 1. The first-order valence-electron chi connectivity index (χ1n) is 6.82. The number of aromatic nitrogens is 1. The fourth-order valence-corrected chi connectivity index (χ4v) is 2.47. The Morgan fingerprint density at radius 1 is 1.23 bits per heavy atom. The van der Waals surface area contributed by atoms with Gasteiger partial charge in [0.05, 0.1) is 5.02 Å². The van der Waals surface area contributed by atoms with Gasteiger partial charge in [-0.1, -0.05) is 32.4 Å². The van der Waals surface area contributed by atoms with E-state index in [1.165, 1.54) is 0 Å². The van der Waals surface area contributed by atoms with E-state index in [2.05, 4.69) is 4.98 Å². The number of nitrogens with zero attached hydrogens (tertiary/aromatic N) is 1. The molecule has 0 aliphatic heterocycles. The lowest BCUT2D eigenvalue weighted by Gasteiger charge is -2.21. The number of hydrogen-bond acceptors (Lipinski definition) is 3. The molecule has 0 atom stereocenters. The summed E-state index contributed by atoms with van der Waals surface area (Å²) in [6.45, 7) is 7.79. The zero-order valence-corrected chi connectivity index (χ0v) is 13.7. The van der Waals surface area contributed by atoms with E-state index in [9.17, 15) is 15.2 Å². The molecule has 0 amide bonds. The second kappa shape index (κ2) is 5.51. The van der Waals surface area contributed by atoms with Gasteiger partial charge in [-0.3, -0.25) is 4.79 Å². The molecule has 2 N–H and O–H groups in total. The van der Waals surface area contributed by atoms with Crippen molar-refractivity contribution >= 4 is 11.6 Å². The highest BCUT2D eigenvalue weighted by atomic mass is 35.5. The largest absolute Gasteiger partial charge is 0.506 e. The molecule has 0 aliphatic carbocycles. The van der Waals surface area contributed by atoms with E-state index >= 15 is 0 Å². The van der Waals surface area contributed by atoms with E-state index in [0.29, 0.717) is 16.8 Å². The molecule has 1 aromatic carbocycles. The zero-order chi connectivity index (χ0) is 16.7. The van der Waals surface area contributed by atoms with Crippen LogP contribution in [0.2, 0.25) is 5.02 Å². The highest BCUT2D eigenvalue weighted by molar-refractivity contribution is 6.32. The molecule has 1 aromatic heterocycles. The number of aromatic hydroxyl groups is 1. The van der Waals surface area contributed by atoms with Crippen LogP contribution in [0.15, 0.2) is 23.0 Å². The van der Waals surface area contributed by atoms with Gasteiger partial charge in [-0.05, 0) is 36.1 Å². The molecule has 2 rings (SSSR count). The summed E-state index contributed by atoms with van der Waals surface area (Å²) >= 11 is 6.13. The Morgan fingerprint density at radius 2 is 1.86 bits per heavy atom. The monoisotopic (exact) mass is 316 g/mol. The van der Waals surface area contributed by atoms with Gasteiger partial charge in [0, 0.05) is 16.8 Å². The average Bonchev–Trinajstić information content (AvgIpc) is 2.39. The molecule has 114 valence electrons. The third kappa shape index (κ3) is 2.86. The predicted molar refractivity (Wildman–Crippen MR) is 87.3 cm³/mol. The summed E-state index contributed by atoms with van der Waals surface area (Å²) in [5.74, 6) is -0.129. The minimum absolute atomic E-state index is 0.0389. The van der Waals surface area contributed by atoms with Crippen molar-refractivity contribution < 1.29 is 5.11 Å². The van der Waals surface area contributed by atoms with Crippen LogP contribution in [0.3, 0.4) is 0 Å². The van der Waals surface area contributed by atoms with E-state index in [-0.39, 0.29) is 21.8 Å². The maximum absolute atomic E-state index is 12.0. The Labute approximate surface area is 134 Å². The lowest BCUT2D eigenvalue weighted by Crippen LogP contribution is -2.14. The molecule has 0 unspecified atom stereocenters. The lowest BCUT2D eigenvalue weighted by atomic mass is 9.84. The minimum Gasteiger partial charge on any atom is -0.506 e. The molecule has 0 fully saturated rings. The number of aromatic amines is 1. The van der Waals surface area contributed by atoms with E-state index in [1.54, 1.807) is 25.1 Å². The third-order valence-electron chi connectivity index (χ3n) is 3.50. The molecule has 22 heavy (non-hydrogen) atoms. The normalized spacial score (nSPS) is 11.3. The smallest absolute Gasteiger partial charge is 0.266 e. The van der Waals surface area contributed by atoms with Crippen molar-refractivity contribution in [2.24, 2.45) is 0 Å². The van der Waals surface area contributed by atoms with Gasteiger partial charge in [-0.25, -0.2) is 0 Å². The fraction of sp³-hybridized carbons (Fsp3) is 0.294. The summed E-state index contributed by atoms with van der Waals surface area (Å²) in [5, 5.41) is 19.7. The van der Waals surface area contributed by atoms with Crippen LogP contribution in [0.25, 0.3) is 11.1 Å². The van der Waals surface area contributed by atoms with Crippen molar-refractivity contribution in [1.82, 2.24) is 4.98 Å². The molecule has 4 nitrogen and oxygen atoms in total. The number of aryl methyl sites for hydroxylation is 1. The minimum atomic E-state index is -0.478. The molecule has 0 saturated carbocycles. The van der Waals surface area contributed by atoms with Gasteiger partial charge in [0.25, 0.3) is 5.56 Å². The van der Waals surface area contributed by atoms with Crippen LogP contribution in [0.4, 0.5) is 0 Å². The summed E-state index contributed by atoms with van der Waals surface area (Å²) in [7, 11) is 0. The molecule has 2 aromatic rings. The van der Waals surface area contributed by atoms with Crippen LogP contribution in [0.5, 0.6) is 5.75 Å². The van der Waals surface area contributed by atoms with Crippen molar-refractivity contribution in [3.63, 3.8) is 0 Å². The van der Waals surface area contributed by atoms with E-state index < -0.39 is 5.56 Å². The number of H-pyrrole nitrogens is 1. The highest BCUT2D eigenvalue weighted by Crippen LogP contribution is 2.40. The van der Waals surface area contributed by atoms with Crippen LogP contribution >= 0.6 is 11.6 Å². The average molecular weight is 317 g/mol. The van der Waals surface area contributed by atoms with Gasteiger partial charge in [-0.15, -0.1) is 0 Å². The van der Waals surface area contributed by atoms with Gasteiger partial charge < -0.3 is 10.1 Å². The Morgan fingerprint density at radius 3 is 2.41 bits per heavy atom. The highest BCUT2D eigenvalue weighted by Gasteiger charge is 2.21. The van der Waals surface area contributed by atoms with E-state index in [0.717, 1.165) is 5.56 Å². The van der Waals surface area contributed by atoms with Crippen molar-refractivity contribution in [1.29, 1.82) is 5.26 Å². The number of phenols is 1. The second-order valence-corrected chi connectivity index (χ2v) is 6.69. The molecule has 0 bridgehead atoms. The summed E-state index contributed by atoms with van der Waals surface area (Å²) in [5.41, 5.74) is 1.59. The first-order chi connectivity index (χ1) is 10.1. The van der Waals surface area contributed by atoms with Crippen LogP contribution < -0.4 is 5.56 Å². The fourth-order valence-electron chi connectivity index (χ4n) is 2.25. The molecule has 1 heterocycles. The van der Waals surface area contributed by atoms with Crippen LogP contribution in [0, 0.1) is 18.3 Å². The third-order valence-corrected chi connectivity index (χ3v) is 3.79. The summed E-state index contributed by atoms with van der Waals surface area (Å²) in [4.78, 5) is 14.5. The summed E-state index contributed by atoms with van der Waals surface area (Å²) < 4.78 is 0.